The first-order valence-corrected chi connectivity index (χ1v) is 12.1. The van der Waals surface area contributed by atoms with Crippen LogP contribution in [0.2, 0.25) is 0 Å². The summed E-state index contributed by atoms with van der Waals surface area (Å²) in [6, 6.07) is 18.0. The number of aliphatic hydroxyl groups excluding tert-OH is 1. The Morgan fingerprint density at radius 3 is 2.76 bits per heavy atom. The number of pyridine rings is 1. The standard InChI is InChI=1S/C27H30N6O/c1-17-12-32(24-8-5-18(11-28)27-22(24)4-3-9-30-27)15-25-21-7-6-20(10-19(21)13-33(17)25)31-14-23(29-2)26(34)16-31/h3-10,17,23,25-26,29,34H,12-16H2,1-2H3/t17-,23+,25-,26+/m1/s1. The van der Waals surface area contributed by atoms with E-state index in [1.54, 1.807) is 6.20 Å². The molecular weight excluding hydrogens is 424 g/mol. The lowest BCUT2D eigenvalue weighted by Crippen LogP contribution is -2.51. The third-order valence-corrected chi connectivity index (χ3v) is 7.92. The maximum atomic E-state index is 10.3. The average Bonchev–Trinajstić information content (AvgIpc) is 3.43. The molecule has 3 aliphatic heterocycles. The van der Waals surface area contributed by atoms with E-state index in [1.807, 2.05) is 19.2 Å². The molecule has 0 spiro atoms. The lowest BCUT2D eigenvalue weighted by atomic mass is 9.99. The molecule has 3 aliphatic rings. The molecule has 2 aromatic carbocycles. The molecule has 3 aromatic rings. The van der Waals surface area contributed by atoms with E-state index in [1.165, 1.54) is 16.8 Å². The summed E-state index contributed by atoms with van der Waals surface area (Å²) in [6.45, 7) is 6.62. The zero-order valence-corrected chi connectivity index (χ0v) is 19.6. The Balaban J connectivity index is 1.31. The molecule has 0 aliphatic carbocycles. The zero-order valence-electron chi connectivity index (χ0n) is 19.6. The van der Waals surface area contributed by atoms with Crippen molar-refractivity contribution in [2.24, 2.45) is 0 Å². The summed E-state index contributed by atoms with van der Waals surface area (Å²) in [6.07, 6.45) is 1.42. The van der Waals surface area contributed by atoms with Crippen molar-refractivity contribution >= 4 is 22.3 Å². The highest BCUT2D eigenvalue weighted by Crippen LogP contribution is 2.42. The predicted molar refractivity (Wildman–Crippen MR) is 134 cm³/mol. The predicted octanol–water partition coefficient (Wildman–Crippen LogP) is 2.64. The van der Waals surface area contributed by atoms with Gasteiger partial charge in [-0.05, 0) is 61.5 Å². The van der Waals surface area contributed by atoms with Crippen molar-refractivity contribution in [1.82, 2.24) is 15.2 Å². The summed E-state index contributed by atoms with van der Waals surface area (Å²) < 4.78 is 0. The van der Waals surface area contributed by atoms with Crippen LogP contribution < -0.4 is 15.1 Å². The fraction of sp³-hybridized carbons (Fsp3) is 0.407. The molecule has 2 N–H and O–H groups in total. The minimum Gasteiger partial charge on any atom is -0.390 e. The van der Waals surface area contributed by atoms with Gasteiger partial charge in [0, 0.05) is 61.7 Å². The molecule has 4 heterocycles. The van der Waals surface area contributed by atoms with Crippen molar-refractivity contribution < 1.29 is 5.11 Å². The van der Waals surface area contributed by atoms with Crippen LogP contribution in [0, 0.1) is 11.3 Å². The van der Waals surface area contributed by atoms with Crippen molar-refractivity contribution in [1.29, 1.82) is 5.26 Å². The lowest BCUT2D eigenvalue weighted by Gasteiger charge is -2.43. The van der Waals surface area contributed by atoms with E-state index in [2.05, 4.69) is 68.3 Å². The average molecular weight is 455 g/mol. The van der Waals surface area contributed by atoms with Gasteiger partial charge in [-0.1, -0.05) is 6.07 Å². The van der Waals surface area contributed by atoms with Gasteiger partial charge in [0.25, 0.3) is 0 Å². The van der Waals surface area contributed by atoms with E-state index >= 15 is 0 Å². The molecule has 34 heavy (non-hydrogen) atoms. The minimum absolute atomic E-state index is 0.116. The number of piperazine rings is 1. The lowest BCUT2D eigenvalue weighted by molar-refractivity contribution is 0.134. The summed E-state index contributed by atoms with van der Waals surface area (Å²) in [5.74, 6) is 0. The van der Waals surface area contributed by atoms with Crippen LogP contribution in [0.1, 0.15) is 29.7 Å². The highest BCUT2D eigenvalue weighted by Gasteiger charge is 2.40. The fourth-order valence-corrected chi connectivity index (χ4v) is 6.11. The number of nitrogens with zero attached hydrogens (tertiary/aromatic N) is 5. The monoisotopic (exact) mass is 454 g/mol. The van der Waals surface area contributed by atoms with E-state index in [9.17, 15) is 10.4 Å². The zero-order chi connectivity index (χ0) is 23.4. The van der Waals surface area contributed by atoms with Crippen LogP contribution in [0.3, 0.4) is 0 Å². The number of β-amino-alcohol motifs (C(OH)–C–C–N with tert-alkyl or cyclic N) is 1. The van der Waals surface area contributed by atoms with Crippen molar-refractivity contribution in [2.75, 3.05) is 43.0 Å². The first-order chi connectivity index (χ1) is 16.6. The topological polar surface area (TPSA) is 78.7 Å². The Hall–Kier alpha value is -3.18. The second-order valence-corrected chi connectivity index (χ2v) is 9.84. The number of anilines is 2. The Bertz CT molecular complexity index is 1290. The van der Waals surface area contributed by atoms with Crippen LogP contribution in [0.4, 0.5) is 11.4 Å². The van der Waals surface area contributed by atoms with E-state index in [4.69, 9.17) is 0 Å². The summed E-state index contributed by atoms with van der Waals surface area (Å²) >= 11 is 0. The molecule has 7 heteroatoms. The first-order valence-electron chi connectivity index (χ1n) is 12.1. The Kier molecular flexibility index (Phi) is 5.18. The number of aliphatic hydroxyl groups is 1. The van der Waals surface area contributed by atoms with Gasteiger partial charge in [0.1, 0.15) is 6.07 Å². The third-order valence-electron chi connectivity index (χ3n) is 7.92. The SMILES string of the molecule is CN[C@H]1CN(c2ccc3c(c2)CN2[C@H](C)CN(c4ccc(C#N)c5ncccc45)C[C@H]32)C[C@@H]1O. The Morgan fingerprint density at radius 1 is 1.09 bits per heavy atom. The molecule has 0 bridgehead atoms. The fourth-order valence-electron chi connectivity index (χ4n) is 6.11. The van der Waals surface area contributed by atoms with Gasteiger partial charge in [-0.15, -0.1) is 0 Å². The van der Waals surface area contributed by atoms with Crippen molar-refractivity contribution in [2.45, 2.75) is 37.7 Å². The second kappa shape index (κ2) is 8.24. The number of nitrogens with one attached hydrogen (secondary N) is 1. The Morgan fingerprint density at radius 2 is 1.97 bits per heavy atom. The number of fused-ring (bicyclic) bond motifs is 4. The van der Waals surface area contributed by atoms with Gasteiger partial charge in [0.2, 0.25) is 0 Å². The van der Waals surface area contributed by atoms with Gasteiger partial charge in [0.05, 0.1) is 29.3 Å². The molecule has 0 unspecified atom stereocenters. The van der Waals surface area contributed by atoms with Crippen LogP contribution in [-0.4, -0.2) is 66.4 Å². The number of aromatic nitrogens is 1. The summed E-state index contributed by atoms with van der Waals surface area (Å²) in [5, 5.41) is 24.1. The molecule has 0 amide bonds. The number of benzene rings is 2. The highest BCUT2D eigenvalue weighted by molar-refractivity contribution is 5.95. The molecule has 7 nitrogen and oxygen atoms in total. The van der Waals surface area contributed by atoms with Gasteiger partial charge < -0.3 is 20.2 Å². The van der Waals surface area contributed by atoms with Gasteiger partial charge in [0.15, 0.2) is 0 Å². The number of rotatable bonds is 3. The van der Waals surface area contributed by atoms with Gasteiger partial charge in [-0.2, -0.15) is 5.26 Å². The largest absolute Gasteiger partial charge is 0.390 e. The molecule has 1 aromatic heterocycles. The third kappa shape index (κ3) is 3.33. The molecule has 0 saturated carbocycles. The molecule has 2 saturated heterocycles. The number of hydrogen-bond donors (Lipinski definition) is 2. The van der Waals surface area contributed by atoms with Gasteiger partial charge in [-0.25, -0.2) is 0 Å². The van der Waals surface area contributed by atoms with Crippen LogP contribution in [0.25, 0.3) is 10.9 Å². The number of hydrogen-bond acceptors (Lipinski definition) is 7. The van der Waals surface area contributed by atoms with E-state index in [-0.39, 0.29) is 12.1 Å². The van der Waals surface area contributed by atoms with Gasteiger partial charge in [-0.3, -0.25) is 9.88 Å². The summed E-state index contributed by atoms with van der Waals surface area (Å²) in [4.78, 5) is 11.9. The molecular formula is C27H30N6O. The summed E-state index contributed by atoms with van der Waals surface area (Å²) in [7, 11) is 1.92. The van der Waals surface area contributed by atoms with Crippen molar-refractivity contribution in [3.05, 3.63) is 65.4 Å². The normalized spacial score (nSPS) is 26.5. The van der Waals surface area contributed by atoms with E-state index in [0.29, 0.717) is 24.2 Å². The second-order valence-electron chi connectivity index (χ2n) is 9.84. The van der Waals surface area contributed by atoms with Crippen LogP contribution in [-0.2, 0) is 6.54 Å². The van der Waals surface area contributed by atoms with E-state index in [0.717, 1.165) is 42.8 Å². The molecule has 2 fully saturated rings. The molecule has 4 atom stereocenters. The maximum absolute atomic E-state index is 10.3. The number of nitriles is 1. The van der Waals surface area contributed by atoms with E-state index < -0.39 is 0 Å². The van der Waals surface area contributed by atoms with Crippen molar-refractivity contribution in [3.63, 3.8) is 0 Å². The quantitative estimate of drug-likeness (QED) is 0.630. The van der Waals surface area contributed by atoms with Crippen LogP contribution in [0.15, 0.2) is 48.7 Å². The first kappa shape index (κ1) is 21.4. The number of likely N-dealkylation sites (N-methyl/N-ethyl adjacent to an activating group) is 1. The maximum Gasteiger partial charge on any atom is 0.101 e. The summed E-state index contributed by atoms with van der Waals surface area (Å²) in [5.41, 5.74) is 6.55. The molecule has 0 radical (unpaired) electrons. The van der Waals surface area contributed by atoms with Crippen LogP contribution in [0.5, 0.6) is 0 Å². The van der Waals surface area contributed by atoms with Crippen LogP contribution >= 0.6 is 0 Å². The smallest absolute Gasteiger partial charge is 0.101 e. The minimum atomic E-state index is -0.338. The Labute approximate surface area is 200 Å². The highest BCUT2D eigenvalue weighted by atomic mass is 16.3. The van der Waals surface area contributed by atoms with Crippen molar-refractivity contribution in [3.8, 4) is 6.07 Å². The van der Waals surface area contributed by atoms with Gasteiger partial charge >= 0.3 is 0 Å². The molecule has 6 rings (SSSR count). The molecule has 174 valence electrons.